The van der Waals surface area contributed by atoms with Gasteiger partial charge in [-0.25, -0.2) is 0 Å². The number of carbonyl (C=O) groups excluding carboxylic acids is 1. The Balaban J connectivity index is 4.06. The van der Waals surface area contributed by atoms with E-state index in [1.54, 1.807) is 13.0 Å². The van der Waals surface area contributed by atoms with E-state index in [0.717, 1.165) is 12.8 Å². The number of hydrogen-bond acceptors (Lipinski definition) is 2. The molecule has 0 aromatic rings. The standard InChI is InChI=1S/C11H20O2/c1-5-8(2)6-11(13)7-9(3)10(4)12/h7-8,11,13H,5-6H2,1-4H3/b9-7+. The zero-order valence-electron chi connectivity index (χ0n) is 9.00. The largest absolute Gasteiger partial charge is 0.389 e. The van der Waals surface area contributed by atoms with Gasteiger partial charge in [0.05, 0.1) is 6.10 Å². The summed E-state index contributed by atoms with van der Waals surface area (Å²) in [6.07, 6.45) is 2.97. The van der Waals surface area contributed by atoms with Gasteiger partial charge in [0, 0.05) is 0 Å². The molecule has 13 heavy (non-hydrogen) atoms. The second kappa shape index (κ2) is 5.92. The summed E-state index contributed by atoms with van der Waals surface area (Å²) in [7, 11) is 0. The van der Waals surface area contributed by atoms with Crippen molar-refractivity contribution in [1.29, 1.82) is 0 Å². The first-order chi connectivity index (χ1) is 5.97. The van der Waals surface area contributed by atoms with Crippen LogP contribution in [0.15, 0.2) is 11.6 Å². The number of aliphatic hydroxyl groups excluding tert-OH is 1. The van der Waals surface area contributed by atoms with E-state index < -0.39 is 6.10 Å². The van der Waals surface area contributed by atoms with Crippen LogP contribution in [0.4, 0.5) is 0 Å². The minimum atomic E-state index is -0.473. The molecule has 0 amide bonds. The minimum absolute atomic E-state index is 0.0307. The third kappa shape index (κ3) is 5.58. The zero-order chi connectivity index (χ0) is 10.4. The molecule has 76 valence electrons. The molecule has 2 atom stereocenters. The number of ketones is 1. The van der Waals surface area contributed by atoms with Crippen LogP contribution in [0.2, 0.25) is 0 Å². The van der Waals surface area contributed by atoms with E-state index >= 15 is 0 Å². The maximum absolute atomic E-state index is 10.9. The number of hydrogen-bond donors (Lipinski definition) is 1. The fourth-order valence-electron chi connectivity index (χ4n) is 1.05. The molecule has 0 aliphatic rings. The number of Topliss-reactive ketones (excluding diaryl/α,β-unsaturated/α-hetero) is 1. The molecule has 0 saturated carbocycles. The van der Waals surface area contributed by atoms with Crippen LogP contribution in [-0.4, -0.2) is 17.0 Å². The molecule has 0 aliphatic carbocycles. The van der Waals surface area contributed by atoms with Crippen LogP contribution in [0.3, 0.4) is 0 Å². The highest BCUT2D eigenvalue weighted by Crippen LogP contribution is 2.11. The summed E-state index contributed by atoms with van der Waals surface area (Å²) in [6, 6.07) is 0. The van der Waals surface area contributed by atoms with Crippen LogP contribution < -0.4 is 0 Å². The molecule has 2 unspecified atom stereocenters. The SMILES string of the molecule is CCC(C)CC(O)/C=C(\C)C(C)=O. The molecule has 2 nitrogen and oxygen atoms in total. The predicted octanol–water partition coefficient (Wildman–Crippen LogP) is 2.32. The number of aliphatic hydroxyl groups is 1. The average molecular weight is 184 g/mol. The molecule has 2 heteroatoms. The van der Waals surface area contributed by atoms with Crippen molar-refractivity contribution in [1.82, 2.24) is 0 Å². The van der Waals surface area contributed by atoms with Gasteiger partial charge in [0.1, 0.15) is 0 Å². The highest BCUT2D eigenvalue weighted by molar-refractivity contribution is 5.92. The van der Waals surface area contributed by atoms with Crippen LogP contribution in [0, 0.1) is 5.92 Å². The van der Waals surface area contributed by atoms with Gasteiger partial charge in [-0.2, -0.15) is 0 Å². The van der Waals surface area contributed by atoms with Gasteiger partial charge >= 0.3 is 0 Å². The molecular formula is C11H20O2. The normalized spacial score (nSPS) is 16.8. The van der Waals surface area contributed by atoms with Crippen LogP contribution in [0.1, 0.15) is 40.5 Å². The Kier molecular flexibility index (Phi) is 5.63. The summed E-state index contributed by atoms with van der Waals surface area (Å²) in [5.74, 6) is 0.536. The fourth-order valence-corrected chi connectivity index (χ4v) is 1.05. The summed E-state index contributed by atoms with van der Waals surface area (Å²) < 4.78 is 0. The molecule has 0 saturated heterocycles. The van der Waals surface area contributed by atoms with Crippen molar-refractivity contribution in [3.63, 3.8) is 0 Å². The van der Waals surface area contributed by atoms with Crippen molar-refractivity contribution >= 4 is 5.78 Å². The molecule has 0 rings (SSSR count). The van der Waals surface area contributed by atoms with E-state index in [2.05, 4.69) is 13.8 Å². The van der Waals surface area contributed by atoms with Gasteiger partial charge in [0.2, 0.25) is 0 Å². The highest BCUT2D eigenvalue weighted by atomic mass is 16.3. The van der Waals surface area contributed by atoms with Crippen molar-refractivity contribution < 1.29 is 9.90 Å². The Hall–Kier alpha value is -0.630. The first-order valence-electron chi connectivity index (χ1n) is 4.84. The molecule has 0 aromatic carbocycles. The third-order valence-corrected chi connectivity index (χ3v) is 2.34. The van der Waals surface area contributed by atoms with Crippen molar-refractivity contribution in [3.05, 3.63) is 11.6 Å². The van der Waals surface area contributed by atoms with E-state index in [1.165, 1.54) is 6.92 Å². The summed E-state index contributed by atoms with van der Waals surface area (Å²) in [5.41, 5.74) is 0.649. The maximum Gasteiger partial charge on any atom is 0.155 e. The Morgan fingerprint density at radius 1 is 1.46 bits per heavy atom. The van der Waals surface area contributed by atoms with Gasteiger partial charge in [0.15, 0.2) is 5.78 Å². The Labute approximate surface area is 80.7 Å². The van der Waals surface area contributed by atoms with Gasteiger partial charge in [-0.05, 0) is 37.8 Å². The monoisotopic (exact) mass is 184 g/mol. The second-order valence-corrected chi connectivity index (χ2v) is 3.72. The fraction of sp³-hybridized carbons (Fsp3) is 0.727. The minimum Gasteiger partial charge on any atom is -0.389 e. The number of rotatable bonds is 5. The third-order valence-electron chi connectivity index (χ3n) is 2.34. The van der Waals surface area contributed by atoms with Crippen molar-refractivity contribution in [2.75, 3.05) is 0 Å². The summed E-state index contributed by atoms with van der Waals surface area (Å²) >= 11 is 0. The molecule has 0 aromatic heterocycles. The topological polar surface area (TPSA) is 37.3 Å². The molecule has 0 radical (unpaired) electrons. The first-order valence-corrected chi connectivity index (χ1v) is 4.84. The van der Waals surface area contributed by atoms with Gasteiger partial charge < -0.3 is 5.11 Å². The number of carbonyl (C=O) groups is 1. The number of allylic oxidation sites excluding steroid dienone is 1. The molecule has 0 heterocycles. The smallest absolute Gasteiger partial charge is 0.155 e. The van der Waals surface area contributed by atoms with Gasteiger partial charge in [-0.3, -0.25) is 4.79 Å². The first kappa shape index (κ1) is 12.4. The van der Waals surface area contributed by atoms with E-state index in [0.29, 0.717) is 11.5 Å². The lowest BCUT2D eigenvalue weighted by molar-refractivity contribution is -0.113. The average Bonchev–Trinajstić information content (AvgIpc) is 2.03. The van der Waals surface area contributed by atoms with Crippen LogP contribution >= 0.6 is 0 Å². The summed E-state index contributed by atoms with van der Waals surface area (Å²) in [6.45, 7) is 7.45. The van der Waals surface area contributed by atoms with Gasteiger partial charge in [-0.1, -0.05) is 20.3 Å². The van der Waals surface area contributed by atoms with Crippen LogP contribution in [0.25, 0.3) is 0 Å². The predicted molar refractivity (Wildman–Crippen MR) is 54.5 cm³/mol. The van der Waals surface area contributed by atoms with Crippen LogP contribution in [-0.2, 0) is 4.79 Å². The maximum atomic E-state index is 10.9. The van der Waals surface area contributed by atoms with Crippen molar-refractivity contribution in [2.24, 2.45) is 5.92 Å². The van der Waals surface area contributed by atoms with E-state index in [9.17, 15) is 9.90 Å². The summed E-state index contributed by atoms with van der Waals surface area (Å²) in [4.78, 5) is 10.9. The lowest BCUT2D eigenvalue weighted by Gasteiger charge is -2.11. The molecule has 0 aliphatic heterocycles. The van der Waals surface area contributed by atoms with Crippen molar-refractivity contribution in [3.8, 4) is 0 Å². The molecule has 0 spiro atoms. The molecule has 0 fully saturated rings. The second-order valence-electron chi connectivity index (χ2n) is 3.72. The lowest BCUT2D eigenvalue weighted by atomic mass is 9.99. The van der Waals surface area contributed by atoms with Gasteiger partial charge in [-0.15, -0.1) is 0 Å². The Morgan fingerprint density at radius 3 is 2.38 bits per heavy atom. The Morgan fingerprint density at radius 2 is 2.00 bits per heavy atom. The lowest BCUT2D eigenvalue weighted by Crippen LogP contribution is -2.10. The zero-order valence-corrected chi connectivity index (χ0v) is 9.00. The van der Waals surface area contributed by atoms with E-state index in [4.69, 9.17) is 0 Å². The van der Waals surface area contributed by atoms with Crippen LogP contribution in [0.5, 0.6) is 0 Å². The highest BCUT2D eigenvalue weighted by Gasteiger charge is 2.07. The van der Waals surface area contributed by atoms with E-state index in [-0.39, 0.29) is 5.78 Å². The summed E-state index contributed by atoms with van der Waals surface area (Å²) in [5, 5.41) is 9.54. The van der Waals surface area contributed by atoms with Gasteiger partial charge in [0.25, 0.3) is 0 Å². The molecule has 0 bridgehead atoms. The quantitative estimate of drug-likeness (QED) is 0.666. The molecule has 1 N–H and O–H groups in total. The van der Waals surface area contributed by atoms with Crippen molar-refractivity contribution in [2.45, 2.75) is 46.6 Å². The Bertz CT molecular complexity index is 194. The molecular weight excluding hydrogens is 164 g/mol. The van der Waals surface area contributed by atoms with E-state index in [1.807, 2.05) is 0 Å².